The molecule has 5 heteroatoms. The standard InChI is InChI=1S/C16H16Br2FNS/c1-20-13(9-11-8-12(19)6-7-14(11)17)10-21-16-5-3-2-4-15(16)18/h2-8,13,20H,9-10H2,1H3. The first-order valence-electron chi connectivity index (χ1n) is 6.58. The molecule has 0 fully saturated rings. The molecule has 0 aromatic heterocycles. The second-order valence-corrected chi connectivity index (χ2v) is 7.44. The molecule has 1 atom stereocenters. The first-order chi connectivity index (χ1) is 10.1. The highest BCUT2D eigenvalue weighted by atomic mass is 79.9. The van der Waals surface area contributed by atoms with E-state index in [1.807, 2.05) is 25.2 Å². The number of halogens is 3. The molecule has 0 saturated heterocycles. The fourth-order valence-corrected chi connectivity index (χ4v) is 4.04. The number of likely N-dealkylation sites (N-methyl/N-ethyl adjacent to an activating group) is 1. The van der Waals surface area contributed by atoms with Crippen molar-refractivity contribution in [1.29, 1.82) is 0 Å². The highest BCUT2D eigenvalue weighted by Crippen LogP contribution is 2.28. The Morgan fingerprint density at radius 1 is 1.14 bits per heavy atom. The van der Waals surface area contributed by atoms with Crippen molar-refractivity contribution in [3.05, 3.63) is 62.8 Å². The van der Waals surface area contributed by atoms with Gasteiger partial charge in [0.1, 0.15) is 5.82 Å². The van der Waals surface area contributed by atoms with Gasteiger partial charge in [0.25, 0.3) is 0 Å². The molecular formula is C16H16Br2FNS. The Labute approximate surface area is 146 Å². The van der Waals surface area contributed by atoms with E-state index in [1.165, 1.54) is 11.0 Å². The van der Waals surface area contributed by atoms with E-state index >= 15 is 0 Å². The summed E-state index contributed by atoms with van der Waals surface area (Å²) >= 11 is 8.84. The summed E-state index contributed by atoms with van der Waals surface area (Å²) in [6, 6.07) is 13.3. The van der Waals surface area contributed by atoms with Crippen LogP contribution in [-0.4, -0.2) is 18.8 Å². The summed E-state index contributed by atoms with van der Waals surface area (Å²) in [5.74, 6) is 0.726. The molecule has 0 amide bonds. The fraction of sp³-hybridized carbons (Fsp3) is 0.250. The Hall–Kier alpha value is -0.360. The van der Waals surface area contributed by atoms with Gasteiger partial charge in [0, 0.05) is 25.6 Å². The fourth-order valence-electron chi connectivity index (χ4n) is 1.96. The second kappa shape index (κ2) is 8.32. The average molecular weight is 433 g/mol. The van der Waals surface area contributed by atoms with Crippen molar-refractivity contribution >= 4 is 43.6 Å². The van der Waals surface area contributed by atoms with Crippen LogP contribution in [0.1, 0.15) is 5.56 Å². The largest absolute Gasteiger partial charge is 0.316 e. The number of hydrogen-bond acceptors (Lipinski definition) is 2. The molecule has 112 valence electrons. The SMILES string of the molecule is CNC(CSc1ccccc1Br)Cc1cc(F)ccc1Br. The Kier molecular flexibility index (Phi) is 6.74. The minimum Gasteiger partial charge on any atom is -0.316 e. The first-order valence-corrected chi connectivity index (χ1v) is 9.16. The van der Waals surface area contributed by atoms with Crippen LogP contribution in [0.25, 0.3) is 0 Å². The lowest BCUT2D eigenvalue weighted by molar-refractivity contribution is 0.601. The molecule has 2 aromatic carbocycles. The average Bonchev–Trinajstić information content (AvgIpc) is 2.48. The maximum atomic E-state index is 13.4. The van der Waals surface area contributed by atoms with Crippen molar-refractivity contribution in [2.24, 2.45) is 0 Å². The van der Waals surface area contributed by atoms with E-state index in [2.05, 4.69) is 43.2 Å². The van der Waals surface area contributed by atoms with Crippen LogP contribution in [0.15, 0.2) is 56.3 Å². The van der Waals surface area contributed by atoms with Crippen molar-refractivity contribution in [2.45, 2.75) is 17.4 Å². The van der Waals surface area contributed by atoms with Crippen LogP contribution >= 0.6 is 43.6 Å². The third kappa shape index (κ3) is 5.09. The summed E-state index contributed by atoms with van der Waals surface area (Å²) in [4.78, 5) is 1.22. The van der Waals surface area contributed by atoms with Gasteiger partial charge in [0.05, 0.1) is 0 Å². The Balaban J connectivity index is 2.00. The zero-order valence-corrected chi connectivity index (χ0v) is 15.6. The molecule has 2 aromatic rings. The highest BCUT2D eigenvalue weighted by molar-refractivity contribution is 9.10. The van der Waals surface area contributed by atoms with Gasteiger partial charge >= 0.3 is 0 Å². The van der Waals surface area contributed by atoms with Gasteiger partial charge in [0.2, 0.25) is 0 Å². The maximum absolute atomic E-state index is 13.4. The molecule has 1 nitrogen and oxygen atoms in total. The molecule has 0 saturated carbocycles. The summed E-state index contributed by atoms with van der Waals surface area (Å²) in [5.41, 5.74) is 0.988. The summed E-state index contributed by atoms with van der Waals surface area (Å²) < 4.78 is 15.4. The van der Waals surface area contributed by atoms with Gasteiger partial charge in [-0.25, -0.2) is 4.39 Å². The van der Waals surface area contributed by atoms with E-state index in [0.717, 1.165) is 26.7 Å². The number of thioether (sulfide) groups is 1. The zero-order valence-electron chi connectivity index (χ0n) is 11.6. The van der Waals surface area contributed by atoms with Crippen LogP contribution in [0.2, 0.25) is 0 Å². The Bertz CT molecular complexity index is 607. The van der Waals surface area contributed by atoms with E-state index in [0.29, 0.717) is 0 Å². The molecule has 1 unspecified atom stereocenters. The molecule has 0 spiro atoms. The van der Waals surface area contributed by atoms with Crippen molar-refractivity contribution in [3.8, 4) is 0 Å². The van der Waals surface area contributed by atoms with E-state index in [9.17, 15) is 4.39 Å². The third-order valence-electron chi connectivity index (χ3n) is 3.16. The monoisotopic (exact) mass is 431 g/mol. The predicted octanol–water partition coefficient (Wildman–Crippen LogP) is 5.27. The van der Waals surface area contributed by atoms with Crippen LogP contribution < -0.4 is 5.32 Å². The summed E-state index contributed by atoms with van der Waals surface area (Å²) in [7, 11) is 1.94. The summed E-state index contributed by atoms with van der Waals surface area (Å²) in [6.45, 7) is 0. The molecule has 2 rings (SSSR count). The molecular weight excluding hydrogens is 417 g/mol. The van der Waals surface area contributed by atoms with E-state index in [4.69, 9.17) is 0 Å². The van der Waals surface area contributed by atoms with Gasteiger partial charge in [-0.1, -0.05) is 28.1 Å². The van der Waals surface area contributed by atoms with Gasteiger partial charge in [-0.3, -0.25) is 0 Å². The van der Waals surface area contributed by atoms with Crippen LogP contribution in [0.4, 0.5) is 4.39 Å². The summed E-state index contributed by atoms with van der Waals surface area (Å²) in [6.07, 6.45) is 0.784. The van der Waals surface area contributed by atoms with Crippen molar-refractivity contribution < 1.29 is 4.39 Å². The minimum absolute atomic E-state index is 0.193. The number of nitrogens with one attached hydrogen (secondary N) is 1. The molecule has 0 aliphatic heterocycles. The normalized spacial score (nSPS) is 12.4. The van der Waals surface area contributed by atoms with Crippen molar-refractivity contribution in [2.75, 3.05) is 12.8 Å². The summed E-state index contributed by atoms with van der Waals surface area (Å²) in [5, 5.41) is 3.31. The Morgan fingerprint density at radius 2 is 1.90 bits per heavy atom. The van der Waals surface area contributed by atoms with Crippen molar-refractivity contribution in [1.82, 2.24) is 5.32 Å². The minimum atomic E-state index is -0.193. The number of hydrogen-bond donors (Lipinski definition) is 1. The predicted molar refractivity (Wildman–Crippen MR) is 95.5 cm³/mol. The molecule has 1 N–H and O–H groups in total. The topological polar surface area (TPSA) is 12.0 Å². The van der Waals surface area contributed by atoms with Gasteiger partial charge < -0.3 is 5.32 Å². The van der Waals surface area contributed by atoms with Crippen molar-refractivity contribution in [3.63, 3.8) is 0 Å². The van der Waals surface area contributed by atoms with Crippen LogP contribution in [0.3, 0.4) is 0 Å². The molecule has 0 bridgehead atoms. The van der Waals surface area contributed by atoms with Gasteiger partial charge in [0.15, 0.2) is 0 Å². The van der Waals surface area contributed by atoms with Crippen LogP contribution in [0.5, 0.6) is 0 Å². The molecule has 0 aliphatic rings. The molecule has 0 heterocycles. The lowest BCUT2D eigenvalue weighted by atomic mass is 10.1. The lowest BCUT2D eigenvalue weighted by Crippen LogP contribution is -2.30. The molecule has 0 aliphatic carbocycles. The Morgan fingerprint density at radius 3 is 2.62 bits per heavy atom. The molecule has 21 heavy (non-hydrogen) atoms. The van der Waals surface area contributed by atoms with Crippen LogP contribution in [0, 0.1) is 5.82 Å². The zero-order chi connectivity index (χ0) is 15.2. The lowest BCUT2D eigenvalue weighted by Gasteiger charge is -2.17. The van der Waals surface area contributed by atoms with E-state index < -0.39 is 0 Å². The van der Waals surface area contributed by atoms with E-state index in [-0.39, 0.29) is 11.9 Å². The third-order valence-corrected chi connectivity index (χ3v) is 6.12. The smallest absolute Gasteiger partial charge is 0.123 e. The van der Waals surface area contributed by atoms with Gasteiger partial charge in [-0.2, -0.15) is 0 Å². The number of benzene rings is 2. The molecule has 0 radical (unpaired) electrons. The first kappa shape index (κ1) is 17.0. The van der Waals surface area contributed by atoms with Gasteiger partial charge in [-0.15, -0.1) is 11.8 Å². The van der Waals surface area contributed by atoms with E-state index in [1.54, 1.807) is 23.9 Å². The second-order valence-electron chi connectivity index (χ2n) is 4.67. The van der Waals surface area contributed by atoms with Crippen LogP contribution in [-0.2, 0) is 6.42 Å². The maximum Gasteiger partial charge on any atom is 0.123 e. The van der Waals surface area contributed by atoms with Gasteiger partial charge in [-0.05, 0) is 65.3 Å². The highest BCUT2D eigenvalue weighted by Gasteiger charge is 2.12. The number of rotatable bonds is 6. The quantitative estimate of drug-likeness (QED) is 0.623.